The summed E-state index contributed by atoms with van der Waals surface area (Å²) >= 11 is 0. The molecule has 1 aliphatic heterocycles. The number of esters is 1. The average molecular weight is 418 g/mol. The zero-order chi connectivity index (χ0) is 21.8. The van der Waals surface area contributed by atoms with Crippen molar-refractivity contribution in [1.82, 2.24) is 9.78 Å². The maximum absolute atomic E-state index is 12.9. The van der Waals surface area contributed by atoms with Gasteiger partial charge in [0.1, 0.15) is 0 Å². The number of anilines is 2. The number of rotatable bonds is 5. The second-order valence-electron chi connectivity index (χ2n) is 7.35. The number of carbonyl (C=O) groups excluding carboxylic acids is 3. The van der Waals surface area contributed by atoms with Gasteiger partial charge < -0.3 is 15.0 Å². The van der Waals surface area contributed by atoms with Crippen LogP contribution in [0.1, 0.15) is 18.9 Å². The highest BCUT2D eigenvalue weighted by Crippen LogP contribution is 2.31. The summed E-state index contributed by atoms with van der Waals surface area (Å²) in [6.07, 6.45) is 3.52. The zero-order valence-corrected chi connectivity index (χ0v) is 17.0. The molecule has 1 aliphatic rings. The lowest BCUT2D eigenvalue weighted by atomic mass is 10.1. The average Bonchev–Trinajstić information content (AvgIpc) is 3.17. The Balaban J connectivity index is 1.39. The van der Waals surface area contributed by atoms with E-state index in [9.17, 15) is 14.4 Å². The van der Waals surface area contributed by atoms with Gasteiger partial charge in [0.2, 0.25) is 5.91 Å². The first-order chi connectivity index (χ1) is 15.0. The Morgan fingerprint density at radius 1 is 1.13 bits per heavy atom. The summed E-state index contributed by atoms with van der Waals surface area (Å²) < 4.78 is 6.91. The van der Waals surface area contributed by atoms with E-state index in [4.69, 9.17) is 4.74 Å². The number of aromatic nitrogens is 2. The van der Waals surface area contributed by atoms with Crippen LogP contribution in [0.2, 0.25) is 0 Å². The molecule has 8 heteroatoms. The van der Waals surface area contributed by atoms with Crippen molar-refractivity contribution in [3.63, 3.8) is 0 Å². The van der Waals surface area contributed by atoms with Gasteiger partial charge in [0.05, 0.1) is 29.7 Å². The van der Waals surface area contributed by atoms with E-state index in [2.05, 4.69) is 10.4 Å². The van der Waals surface area contributed by atoms with Crippen molar-refractivity contribution in [3.8, 4) is 5.69 Å². The van der Waals surface area contributed by atoms with Crippen molar-refractivity contribution in [2.45, 2.75) is 25.8 Å². The van der Waals surface area contributed by atoms with E-state index < -0.39 is 12.6 Å². The van der Waals surface area contributed by atoms with Crippen molar-refractivity contribution in [3.05, 3.63) is 72.6 Å². The van der Waals surface area contributed by atoms with Crippen LogP contribution in [-0.4, -0.2) is 40.2 Å². The summed E-state index contributed by atoms with van der Waals surface area (Å²) in [5.41, 5.74) is 2.72. The molecular formula is C23H22N4O4. The molecule has 2 amide bonds. The molecule has 0 bridgehead atoms. The topological polar surface area (TPSA) is 93.5 Å². The number of nitrogens with zero attached hydrogens (tertiary/aromatic N) is 3. The highest BCUT2D eigenvalue weighted by Gasteiger charge is 2.30. The van der Waals surface area contributed by atoms with Crippen LogP contribution in [0.5, 0.6) is 0 Å². The zero-order valence-electron chi connectivity index (χ0n) is 17.0. The smallest absolute Gasteiger partial charge is 0.310 e. The molecule has 0 spiro atoms. The number of hydrogen-bond acceptors (Lipinski definition) is 5. The number of carbonyl (C=O) groups is 3. The maximum Gasteiger partial charge on any atom is 0.310 e. The Labute approximate surface area is 179 Å². The summed E-state index contributed by atoms with van der Waals surface area (Å²) in [4.78, 5) is 38.7. The second-order valence-corrected chi connectivity index (χ2v) is 7.35. The van der Waals surface area contributed by atoms with Crippen molar-refractivity contribution >= 4 is 29.2 Å². The number of para-hydroxylation sites is 3. The van der Waals surface area contributed by atoms with E-state index in [0.717, 1.165) is 5.69 Å². The summed E-state index contributed by atoms with van der Waals surface area (Å²) in [5.74, 6) is -1.07. The fraction of sp³-hybridized carbons (Fsp3) is 0.217. The number of ether oxygens (including phenoxy) is 1. The van der Waals surface area contributed by atoms with Crippen LogP contribution in [0, 0.1) is 0 Å². The molecule has 1 atom stereocenters. The molecule has 0 radical (unpaired) electrons. The van der Waals surface area contributed by atoms with Gasteiger partial charge in [-0.1, -0.05) is 30.3 Å². The van der Waals surface area contributed by atoms with Crippen LogP contribution in [0.25, 0.3) is 5.69 Å². The van der Waals surface area contributed by atoms with Crippen LogP contribution in [-0.2, 0) is 25.5 Å². The molecule has 2 heterocycles. The van der Waals surface area contributed by atoms with Crippen molar-refractivity contribution in [2.24, 2.45) is 0 Å². The Morgan fingerprint density at radius 2 is 1.87 bits per heavy atom. The summed E-state index contributed by atoms with van der Waals surface area (Å²) in [6.45, 7) is 1.39. The van der Waals surface area contributed by atoms with Gasteiger partial charge >= 0.3 is 5.97 Å². The third-order valence-corrected chi connectivity index (χ3v) is 4.99. The van der Waals surface area contributed by atoms with E-state index in [-0.39, 0.29) is 30.7 Å². The van der Waals surface area contributed by atoms with E-state index in [1.807, 2.05) is 30.3 Å². The molecule has 8 nitrogen and oxygen atoms in total. The van der Waals surface area contributed by atoms with E-state index in [1.54, 1.807) is 48.3 Å². The fourth-order valence-electron chi connectivity index (χ4n) is 3.57. The molecule has 0 saturated carbocycles. The molecule has 0 aliphatic carbocycles. The van der Waals surface area contributed by atoms with E-state index in [0.29, 0.717) is 16.9 Å². The largest absolute Gasteiger partial charge is 0.455 e. The molecule has 1 N–H and O–H groups in total. The van der Waals surface area contributed by atoms with Crippen LogP contribution >= 0.6 is 0 Å². The number of fused-ring (bicyclic) bond motifs is 1. The lowest BCUT2D eigenvalue weighted by Gasteiger charge is -2.27. The standard InChI is InChI=1S/C23H22N4O4/c1-16-11-21(28)25-19-9-5-6-10-20(19)27(16)22(29)15-31-23(30)12-17-13-24-26(14-17)18-7-3-2-4-8-18/h2-10,13-14,16H,11-12,15H2,1H3,(H,25,28). The Kier molecular flexibility index (Phi) is 5.79. The SMILES string of the molecule is CC1CC(=O)Nc2ccccc2N1C(=O)COC(=O)Cc1cnn(-c2ccccc2)c1. The lowest BCUT2D eigenvalue weighted by Crippen LogP contribution is -2.41. The van der Waals surface area contributed by atoms with Gasteiger partial charge in [0.25, 0.3) is 5.91 Å². The van der Waals surface area contributed by atoms with Gasteiger partial charge in [-0.3, -0.25) is 14.4 Å². The quantitative estimate of drug-likeness (QED) is 0.643. The van der Waals surface area contributed by atoms with Gasteiger partial charge in [-0.2, -0.15) is 5.10 Å². The Hall–Kier alpha value is -3.94. The highest BCUT2D eigenvalue weighted by atomic mass is 16.5. The minimum atomic E-state index is -0.522. The first-order valence-corrected chi connectivity index (χ1v) is 9.97. The summed E-state index contributed by atoms with van der Waals surface area (Å²) in [7, 11) is 0. The fourth-order valence-corrected chi connectivity index (χ4v) is 3.57. The van der Waals surface area contributed by atoms with Crippen molar-refractivity contribution in [1.29, 1.82) is 0 Å². The predicted octanol–water partition coefficient (Wildman–Crippen LogP) is 2.72. The minimum absolute atomic E-state index is 0.00625. The van der Waals surface area contributed by atoms with Gasteiger partial charge in [0.15, 0.2) is 6.61 Å². The first-order valence-electron chi connectivity index (χ1n) is 9.97. The predicted molar refractivity (Wildman–Crippen MR) is 115 cm³/mol. The molecule has 2 aromatic carbocycles. The lowest BCUT2D eigenvalue weighted by molar-refractivity contribution is -0.147. The molecular weight excluding hydrogens is 396 g/mol. The van der Waals surface area contributed by atoms with Gasteiger partial charge in [0, 0.05) is 24.2 Å². The number of benzene rings is 2. The highest BCUT2D eigenvalue weighted by molar-refractivity contribution is 6.05. The third kappa shape index (κ3) is 4.63. The summed E-state index contributed by atoms with van der Waals surface area (Å²) in [6, 6.07) is 16.3. The maximum atomic E-state index is 12.9. The minimum Gasteiger partial charge on any atom is -0.455 e. The Bertz CT molecular complexity index is 1110. The van der Waals surface area contributed by atoms with Gasteiger partial charge in [-0.05, 0) is 31.2 Å². The van der Waals surface area contributed by atoms with E-state index in [1.165, 1.54) is 4.90 Å². The van der Waals surface area contributed by atoms with Crippen molar-refractivity contribution in [2.75, 3.05) is 16.8 Å². The monoisotopic (exact) mass is 418 g/mol. The number of amides is 2. The van der Waals surface area contributed by atoms with Gasteiger partial charge in [-0.15, -0.1) is 0 Å². The molecule has 3 aromatic rings. The second kappa shape index (κ2) is 8.83. The molecule has 1 aromatic heterocycles. The first kappa shape index (κ1) is 20.3. The molecule has 31 heavy (non-hydrogen) atoms. The molecule has 1 unspecified atom stereocenters. The molecule has 0 fully saturated rings. The number of hydrogen-bond donors (Lipinski definition) is 1. The normalized spacial score (nSPS) is 15.6. The molecule has 0 saturated heterocycles. The summed E-state index contributed by atoms with van der Waals surface area (Å²) in [5, 5.41) is 7.06. The molecule has 4 rings (SSSR count). The number of nitrogens with one attached hydrogen (secondary N) is 1. The van der Waals surface area contributed by atoms with Crippen LogP contribution in [0.3, 0.4) is 0 Å². The van der Waals surface area contributed by atoms with E-state index >= 15 is 0 Å². The van der Waals surface area contributed by atoms with Crippen LogP contribution in [0.15, 0.2) is 67.0 Å². The third-order valence-electron chi connectivity index (χ3n) is 4.99. The van der Waals surface area contributed by atoms with Crippen LogP contribution < -0.4 is 10.2 Å². The van der Waals surface area contributed by atoms with Gasteiger partial charge in [-0.25, -0.2) is 4.68 Å². The molecule has 158 valence electrons. The van der Waals surface area contributed by atoms with Crippen LogP contribution in [0.4, 0.5) is 11.4 Å². The van der Waals surface area contributed by atoms with Crippen molar-refractivity contribution < 1.29 is 19.1 Å². The Morgan fingerprint density at radius 3 is 2.68 bits per heavy atom.